The zero-order chi connectivity index (χ0) is 29.9. The van der Waals surface area contributed by atoms with Crippen molar-refractivity contribution in [2.75, 3.05) is 18.9 Å². The zero-order valence-corrected chi connectivity index (χ0v) is 25.9. The molecule has 1 aliphatic rings. The van der Waals surface area contributed by atoms with Gasteiger partial charge in [-0.3, -0.25) is 9.36 Å². The molecule has 0 amide bonds. The van der Waals surface area contributed by atoms with Crippen LogP contribution in [-0.2, 0) is 30.6 Å². The fourth-order valence-corrected chi connectivity index (χ4v) is 6.94. The molecule has 1 fully saturated rings. The molecule has 224 valence electrons. The summed E-state index contributed by atoms with van der Waals surface area (Å²) in [6.45, 7) is 3.44. The van der Waals surface area contributed by atoms with Gasteiger partial charge in [0.2, 0.25) is 11.8 Å². The number of benzene rings is 1. The first-order valence-corrected chi connectivity index (χ1v) is 16.1. The van der Waals surface area contributed by atoms with Crippen LogP contribution in [0.5, 0.6) is 11.6 Å². The summed E-state index contributed by atoms with van der Waals surface area (Å²) in [7, 11) is 0. The summed E-state index contributed by atoms with van der Waals surface area (Å²) in [5.41, 5.74) is 6.41. The number of hydrogen-bond donors (Lipinski definition) is 3. The Morgan fingerprint density at radius 1 is 1.29 bits per heavy atom. The molecule has 4 rings (SSSR count). The van der Waals surface area contributed by atoms with Crippen molar-refractivity contribution in [3.63, 3.8) is 0 Å². The number of para-hydroxylation sites is 1. The number of ether oxygens (including phenoxy) is 3. The third-order valence-electron chi connectivity index (χ3n) is 5.75. The molecule has 3 aromatic rings. The van der Waals surface area contributed by atoms with Crippen LogP contribution in [0.3, 0.4) is 0 Å². The molecule has 4 N–H and O–H groups in total. The number of aliphatic hydroxyl groups excluding tert-OH is 1. The number of carbonyl (C=O) groups excluding carboxylic acids is 1. The topological polar surface area (TPSA) is 165 Å². The molecule has 1 aliphatic heterocycles. The van der Waals surface area contributed by atoms with Gasteiger partial charge in [0.15, 0.2) is 21.7 Å². The minimum absolute atomic E-state index is 0.0641. The summed E-state index contributed by atoms with van der Waals surface area (Å²) in [4.78, 5) is 25.1. The number of nitrogens with two attached hydrogens (primary N) is 1. The van der Waals surface area contributed by atoms with Crippen molar-refractivity contribution in [3.8, 4) is 11.6 Å². The molecule has 0 radical (unpaired) electrons. The Bertz CT molecular complexity index is 1420. The first-order chi connectivity index (χ1) is 19.3. The fraction of sp³-hybridized carbons (Fsp3) is 0.500. The van der Waals surface area contributed by atoms with Gasteiger partial charge >= 0.3 is 12.6 Å². The van der Waals surface area contributed by atoms with Crippen LogP contribution in [0.15, 0.2) is 36.7 Å². The predicted octanol–water partition coefficient (Wildman–Crippen LogP) is 3.49. The van der Waals surface area contributed by atoms with E-state index in [4.69, 9.17) is 64.0 Å². The van der Waals surface area contributed by atoms with Gasteiger partial charge in [-0.05, 0) is 51.6 Å². The van der Waals surface area contributed by atoms with E-state index in [0.29, 0.717) is 17.9 Å². The van der Waals surface area contributed by atoms with E-state index in [9.17, 15) is 9.90 Å². The van der Waals surface area contributed by atoms with Gasteiger partial charge in [-0.25, -0.2) is 10.1 Å². The number of esters is 1. The van der Waals surface area contributed by atoms with Crippen molar-refractivity contribution in [1.82, 2.24) is 24.6 Å². The van der Waals surface area contributed by atoms with Crippen molar-refractivity contribution < 1.29 is 33.2 Å². The van der Waals surface area contributed by atoms with E-state index in [1.165, 1.54) is 10.9 Å². The second-order valence-corrected chi connectivity index (χ2v) is 13.9. The molecule has 2 aromatic heterocycles. The van der Waals surface area contributed by atoms with E-state index < -0.39 is 41.4 Å². The number of imidazole rings is 1. The molecule has 0 aliphatic carbocycles. The second kappa shape index (κ2) is 12.9. The molecule has 17 heteroatoms. The smallest absolute Gasteiger partial charge is 0.323 e. The van der Waals surface area contributed by atoms with Gasteiger partial charge in [-0.2, -0.15) is 9.97 Å². The molecular weight excluding hydrogens is 618 g/mol. The van der Waals surface area contributed by atoms with Gasteiger partial charge in [0, 0.05) is 0 Å². The first-order valence-electron chi connectivity index (χ1n) is 12.7. The molecule has 3 heterocycles. The van der Waals surface area contributed by atoms with Crippen LogP contribution >= 0.6 is 29.8 Å². The lowest BCUT2D eigenvalue weighted by Crippen LogP contribution is -2.39. The van der Waals surface area contributed by atoms with E-state index in [2.05, 4.69) is 20.0 Å². The van der Waals surface area contributed by atoms with E-state index in [-0.39, 0.29) is 30.2 Å². The summed E-state index contributed by atoms with van der Waals surface area (Å²) in [6, 6.07) is 7.85. The van der Waals surface area contributed by atoms with Crippen LogP contribution in [0.25, 0.3) is 11.2 Å². The Labute approximate surface area is 251 Å². The molecule has 41 heavy (non-hydrogen) atoms. The summed E-state index contributed by atoms with van der Waals surface area (Å²) < 4.78 is 28.5. The lowest BCUT2D eigenvalue weighted by Gasteiger charge is -2.28. The number of alkyl halides is 2. The van der Waals surface area contributed by atoms with E-state index in [1.54, 1.807) is 52.0 Å². The number of nitrogen functional groups attached to an aromatic ring is 1. The Kier molecular flexibility index (Phi) is 9.97. The molecule has 0 spiro atoms. The average molecular weight is 649 g/mol. The van der Waals surface area contributed by atoms with Crippen LogP contribution in [0.1, 0.15) is 33.9 Å². The minimum atomic E-state index is -3.42. The highest BCUT2D eigenvalue weighted by Gasteiger charge is 2.56. The molecule has 1 aromatic carbocycles. The van der Waals surface area contributed by atoms with Crippen molar-refractivity contribution in [2.24, 2.45) is 0 Å². The molecule has 0 bridgehead atoms. The number of aliphatic hydroxyl groups is 1. The number of carbonyl (C=O) groups is 1. The van der Waals surface area contributed by atoms with Crippen LogP contribution in [0.4, 0.5) is 5.95 Å². The third-order valence-corrected chi connectivity index (χ3v) is 9.07. The van der Waals surface area contributed by atoms with Crippen LogP contribution in [0, 0.1) is 0 Å². The summed E-state index contributed by atoms with van der Waals surface area (Å²) >= 11 is 19.0. The second-order valence-electron chi connectivity index (χ2n) is 9.32. The van der Waals surface area contributed by atoms with E-state index in [0.717, 1.165) is 0 Å². The molecule has 5 atom stereocenters. The summed E-state index contributed by atoms with van der Waals surface area (Å²) in [6.07, 6.45) is -2.62. The predicted molar refractivity (Wildman–Crippen MR) is 156 cm³/mol. The maximum Gasteiger partial charge on any atom is 0.323 e. The number of fused-ring (bicyclic) bond motifs is 1. The van der Waals surface area contributed by atoms with Gasteiger partial charge in [0.25, 0.3) is 0 Å². The highest BCUT2D eigenvalue weighted by molar-refractivity contribution is 8.09. The maximum atomic E-state index is 12.5. The molecular formula is C24H31Cl2N6O7PS. The monoisotopic (exact) mass is 648 g/mol. The van der Waals surface area contributed by atoms with Crippen molar-refractivity contribution in [3.05, 3.63) is 36.7 Å². The lowest BCUT2D eigenvalue weighted by atomic mass is 10.2. The molecule has 0 unspecified atom stereocenters. The largest absolute Gasteiger partial charge is 0.476 e. The average Bonchev–Trinajstić information content (AvgIpc) is 3.41. The highest BCUT2D eigenvalue weighted by atomic mass is 35.5. The van der Waals surface area contributed by atoms with Crippen molar-refractivity contribution in [2.45, 2.75) is 62.6 Å². The van der Waals surface area contributed by atoms with Crippen LogP contribution in [0.2, 0.25) is 0 Å². The number of nitrogens with one attached hydrogen (secondary N) is 1. The minimum Gasteiger partial charge on any atom is -0.476 e. The Hall–Kier alpha value is -2.29. The third kappa shape index (κ3) is 7.20. The van der Waals surface area contributed by atoms with Crippen molar-refractivity contribution >= 4 is 64.7 Å². The quantitative estimate of drug-likeness (QED) is 0.149. The number of rotatable bonds is 12. The Morgan fingerprint density at radius 3 is 2.66 bits per heavy atom. The normalized spacial score (nSPS) is 22.4. The van der Waals surface area contributed by atoms with E-state index in [1.807, 2.05) is 6.07 Å². The SMILES string of the molecule is CCOc1nc(N)nc2c1ncn2[C@@H]1O[C@H](CO[P@](=S)(N[C@@H](C)C(=O)OC(C)C)Oc2ccccc2)[C@@H](O)C1(Cl)Cl. The number of hydrogen-bond acceptors (Lipinski definition) is 12. The van der Waals surface area contributed by atoms with Gasteiger partial charge in [-0.15, -0.1) is 0 Å². The van der Waals surface area contributed by atoms with Crippen LogP contribution < -0.4 is 20.1 Å². The highest BCUT2D eigenvalue weighted by Crippen LogP contribution is 2.50. The first kappa shape index (κ1) is 31.6. The zero-order valence-electron chi connectivity index (χ0n) is 22.6. The fourth-order valence-electron chi connectivity index (χ4n) is 3.93. The number of nitrogens with zero attached hydrogens (tertiary/aromatic N) is 4. The van der Waals surface area contributed by atoms with Gasteiger partial charge in [0.05, 0.1) is 25.6 Å². The summed E-state index contributed by atoms with van der Waals surface area (Å²) in [5, 5.41) is 14.0. The summed E-state index contributed by atoms with van der Waals surface area (Å²) in [5.74, 6) is -0.00981. The Morgan fingerprint density at radius 2 is 2.00 bits per heavy atom. The molecule has 13 nitrogen and oxygen atoms in total. The number of anilines is 1. The number of aromatic nitrogens is 4. The van der Waals surface area contributed by atoms with Crippen LogP contribution in [-0.4, -0.2) is 72.5 Å². The van der Waals surface area contributed by atoms with E-state index >= 15 is 0 Å². The maximum absolute atomic E-state index is 12.5. The Balaban J connectivity index is 1.56. The van der Waals surface area contributed by atoms with Crippen molar-refractivity contribution in [1.29, 1.82) is 0 Å². The van der Waals surface area contributed by atoms with Gasteiger partial charge in [0.1, 0.15) is 24.0 Å². The van der Waals surface area contributed by atoms with Gasteiger partial charge in [-0.1, -0.05) is 41.4 Å². The number of halogens is 2. The standard InChI is InChI=1S/C24H31Cl2N6O7PS/c1-5-35-20-17-19(29-23(27)30-20)32(12-28-17)22-24(25,26)18(33)16(38-22)11-36-40(41,39-15-9-7-6-8-10-15)31-14(4)21(34)37-13(2)3/h6-10,12-14,16,18,22,33H,5,11H2,1-4H3,(H,31,41)(H2,27,29,30)/t14-,16+,18+,22+,40+/m0/s1. The van der Waals surface area contributed by atoms with Gasteiger partial charge < -0.3 is 34.1 Å². The molecule has 1 saturated heterocycles. The lowest BCUT2D eigenvalue weighted by molar-refractivity contribution is -0.149. The molecule has 0 saturated carbocycles.